The topological polar surface area (TPSA) is 72.3 Å². The Morgan fingerprint density at radius 1 is 1.16 bits per heavy atom. The molecule has 0 spiro atoms. The van der Waals surface area contributed by atoms with Gasteiger partial charge in [-0.2, -0.15) is 0 Å². The number of carboxylic acid groups (broad SMARTS) is 1. The summed E-state index contributed by atoms with van der Waals surface area (Å²) in [5.74, 6) is -0.910. The molecule has 0 amide bonds. The van der Waals surface area contributed by atoms with Crippen LogP contribution in [0.3, 0.4) is 0 Å². The first-order valence-corrected chi connectivity index (χ1v) is 10.7. The molecule has 31 heavy (non-hydrogen) atoms. The maximum absolute atomic E-state index is 14.2. The van der Waals surface area contributed by atoms with Gasteiger partial charge in [-0.1, -0.05) is 33.6 Å². The van der Waals surface area contributed by atoms with E-state index >= 15 is 0 Å². The van der Waals surface area contributed by atoms with Gasteiger partial charge in [0.25, 0.3) is 0 Å². The molecule has 0 saturated carbocycles. The number of halogens is 3. The zero-order chi connectivity index (χ0) is 22.0. The van der Waals surface area contributed by atoms with Crippen LogP contribution in [0.2, 0.25) is 5.02 Å². The fraction of sp³-hybridized carbons (Fsp3) is 0.174. The summed E-state index contributed by atoms with van der Waals surface area (Å²) in [4.78, 5) is 19.6. The van der Waals surface area contributed by atoms with Crippen molar-refractivity contribution in [2.45, 2.75) is 25.9 Å². The van der Waals surface area contributed by atoms with Crippen LogP contribution in [0, 0.1) is 5.82 Å². The summed E-state index contributed by atoms with van der Waals surface area (Å²) in [6, 6.07) is 10.1. The number of nitrogens with zero attached hydrogens (tertiary/aromatic N) is 2. The van der Waals surface area contributed by atoms with Crippen LogP contribution in [-0.4, -0.2) is 21.0 Å². The van der Waals surface area contributed by atoms with E-state index in [1.165, 1.54) is 12.3 Å². The number of carbonyl (C=O) groups is 1. The number of ether oxygens (including phenoxy) is 1. The van der Waals surface area contributed by atoms with Crippen LogP contribution >= 0.6 is 27.5 Å². The summed E-state index contributed by atoms with van der Waals surface area (Å²) in [6.07, 6.45) is 5.17. The third-order valence-electron chi connectivity index (χ3n) is 5.05. The number of carboxylic acids is 1. The van der Waals surface area contributed by atoms with Crippen LogP contribution in [0.1, 0.15) is 46.6 Å². The van der Waals surface area contributed by atoms with E-state index < -0.39 is 5.97 Å². The number of aromatic carboxylic acids is 1. The zero-order valence-electron chi connectivity index (χ0n) is 16.2. The largest absolute Gasteiger partial charge is 0.488 e. The first-order chi connectivity index (χ1) is 14.9. The van der Waals surface area contributed by atoms with Crippen LogP contribution < -0.4 is 4.74 Å². The van der Waals surface area contributed by atoms with E-state index in [1.807, 2.05) is 6.07 Å². The summed E-state index contributed by atoms with van der Waals surface area (Å²) in [7, 11) is 0. The molecule has 0 aliphatic heterocycles. The zero-order valence-corrected chi connectivity index (χ0v) is 18.6. The predicted octanol–water partition coefficient (Wildman–Crippen LogP) is 6.40. The predicted molar refractivity (Wildman–Crippen MR) is 120 cm³/mol. The number of aromatic nitrogens is 2. The van der Waals surface area contributed by atoms with Crippen molar-refractivity contribution in [3.63, 3.8) is 0 Å². The highest BCUT2D eigenvalue weighted by molar-refractivity contribution is 9.10. The average Bonchev–Trinajstić information content (AvgIpc) is 3.23. The molecular weight excluding hydrogens is 487 g/mol. The molecule has 1 heterocycles. The molecule has 1 N–H and O–H groups in total. The van der Waals surface area contributed by atoms with E-state index in [2.05, 4.69) is 25.9 Å². The fourth-order valence-corrected chi connectivity index (χ4v) is 4.10. The fourth-order valence-electron chi connectivity index (χ4n) is 3.60. The van der Waals surface area contributed by atoms with Crippen molar-refractivity contribution in [1.29, 1.82) is 0 Å². The van der Waals surface area contributed by atoms with Crippen molar-refractivity contribution >= 4 is 44.6 Å². The van der Waals surface area contributed by atoms with E-state index in [4.69, 9.17) is 16.3 Å². The minimum absolute atomic E-state index is 0.0602. The highest BCUT2D eigenvalue weighted by Crippen LogP contribution is 2.43. The van der Waals surface area contributed by atoms with Gasteiger partial charge >= 0.3 is 5.97 Å². The van der Waals surface area contributed by atoms with Gasteiger partial charge < -0.3 is 9.84 Å². The Bertz CT molecular complexity index is 1200. The van der Waals surface area contributed by atoms with E-state index in [-0.39, 0.29) is 18.1 Å². The molecule has 4 rings (SSSR count). The summed E-state index contributed by atoms with van der Waals surface area (Å²) < 4.78 is 20.8. The molecule has 8 heteroatoms. The molecule has 5 nitrogen and oxygen atoms in total. The lowest BCUT2D eigenvalue weighted by Crippen LogP contribution is -2.04. The Balaban J connectivity index is 1.71. The third kappa shape index (κ3) is 4.78. The van der Waals surface area contributed by atoms with Gasteiger partial charge in [-0.05, 0) is 60.7 Å². The van der Waals surface area contributed by atoms with Gasteiger partial charge in [0, 0.05) is 20.6 Å². The van der Waals surface area contributed by atoms with Crippen LogP contribution in [0.15, 0.2) is 53.3 Å². The summed E-state index contributed by atoms with van der Waals surface area (Å²) in [5.41, 5.74) is 3.54. The van der Waals surface area contributed by atoms with Crippen molar-refractivity contribution < 1.29 is 19.0 Å². The van der Waals surface area contributed by atoms with Crippen molar-refractivity contribution in [3.05, 3.63) is 86.6 Å². The lowest BCUT2D eigenvalue weighted by Gasteiger charge is -2.15. The second kappa shape index (κ2) is 9.16. The first-order valence-electron chi connectivity index (χ1n) is 9.57. The number of benzene rings is 2. The molecule has 1 aromatic heterocycles. The van der Waals surface area contributed by atoms with Crippen LogP contribution in [0.4, 0.5) is 4.39 Å². The smallest absolute Gasteiger partial charge is 0.356 e. The monoisotopic (exact) mass is 502 g/mol. The Hall–Kier alpha value is -2.77. The summed E-state index contributed by atoms with van der Waals surface area (Å²) >= 11 is 9.52. The Labute approximate surface area is 191 Å². The van der Waals surface area contributed by atoms with Crippen molar-refractivity contribution in [1.82, 2.24) is 9.97 Å². The highest BCUT2D eigenvalue weighted by Gasteiger charge is 2.23. The van der Waals surface area contributed by atoms with Crippen molar-refractivity contribution in [2.24, 2.45) is 0 Å². The molecule has 0 unspecified atom stereocenters. The van der Waals surface area contributed by atoms with Gasteiger partial charge in [0.15, 0.2) is 5.69 Å². The lowest BCUT2D eigenvalue weighted by atomic mass is 9.99. The molecular formula is C23H17BrClFN2O3. The molecule has 158 valence electrons. The van der Waals surface area contributed by atoms with Gasteiger partial charge in [0.1, 0.15) is 18.2 Å². The number of hydrogen-bond donors (Lipinski definition) is 1. The number of hydrogen-bond acceptors (Lipinski definition) is 4. The molecule has 0 atom stereocenters. The Morgan fingerprint density at radius 2 is 1.97 bits per heavy atom. The summed E-state index contributed by atoms with van der Waals surface area (Å²) in [5, 5.41) is 9.79. The molecule has 3 aromatic rings. The van der Waals surface area contributed by atoms with Crippen molar-refractivity contribution in [3.8, 4) is 5.75 Å². The minimum atomic E-state index is -1.13. The molecule has 1 aliphatic carbocycles. The number of allylic oxidation sites excluding steroid dienone is 2. The molecule has 0 bridgehead atoms. The highest BCUT2D eigenvalue weighted by atomic mass is 79.9. The summed E-state index contributed by atoms with van der Waals surface area (Å²) in [6.45, 7) is 0.0602. The van der Waals surface area contributed by atoms with Gasteiger partial charge in [-0.15, -0.1) is 0 Å². The molecule has 0 saturated heterocycles. The maximum Gasteiger partial charge on any atom is 0.356 e. The quantitative estimate of drug-likeness (QED) is 0.421. The van der Waals surface area contributed by atoms with Crippen LogP contribution in [-0.2, 0) is 6.61 Å². The molecule has 1 aliphatic rings. The van der Waals surface area contributed by atoms with E-state index in [0.29, 0.717) is 26.5 Å². The maximum atomic E-state index is 14.2. The van der Waals surface area contributed by atoms with Gasteiger partial charge in [0.2, 0.25) is 0 Å². The van der Waals surface area contributed by atoms with E-state index in [9.17, 15) is 14.3 Å². The Morgan fingerprint density at radius 3 is 2.74 bits per heavy atom. The normalized spacial score (nSPS) is 13.5. The molecule has 2 aromatic carbocycles. The van der Waals surface area contributed by atoms with Crippen molar-refractivity contribution in [2.75, 3.05) is 0 Å². The molecule has 0 fully saturated rings. The second-order valence-corrected chi connectivity index (χ2v) is 8.42. The van der Waals surface area contributed by atoms with Gasteiger partial charge in [-0.25, -0.2) is 14.2 Å². The van der Waals surface area contributed by atoms with Gasteiger partial charge in [-0.3, -0.25) is 4.98 Å². The van der Waals surface area contributed by atoms with E-state index in [1.54, 1.807) is 30.5 Å². The van der Waals surface area contributed by atoms with E-state index in [0.717, 1.165) is 36.0 Å². The minimum Gasteiger partial charge on any atom is -0.488 e. The van der Waals surface area contributed by atoms with Crippen LogP contribution in [0.25, 0.3) is 11.1 Å². The average molecular weight is 504 g/mol. The first kappa shape index (κ1) is 21.5. The standard InChI is InChI=1S/C23H17BrClFN2O3/c24-14-5-4-13(19(26)8-14)12-31-22-7-6-15(25)9-18(22)16-2-1-3-17(16)20-10-27-11-21(28-20)23(29)30/h4-11H,1-3,12H2,(H,29,30). The van der Waals surface area contributed by atoms with Crippen LogP contribution in [0.5, 0.6) is 5.75 Å². The second-order valence-electron chi connectivity index (χ2n) is 7.07. The third-order valence-corrected chi connectivity index (χ3v) is 5.77. The number of rotatable bonds is 6. The van der Waals surface area contributed by atoms with Gasteiger partial charge in [0.05, 0.1) is 18.1 Å². The SMILES string of the molecule is O=C(O)c1cncc(C2=C(c3cc(Cl)ccc3OCc3ccc(Br)cc3F)CCC2)n1. The molecule has 0 radical (unpaired) electrons. The lowest BCUT2D eigenvalue weighted by molar-refractivity contribution is 0.0690. The Kier molecular flexibility index (Phi) is 6.34.